The van der Waals surface area contributed by atoms with Crippen LogP contribution in [0.4, 0.5) is 0 Å². The molecule has 1 aromatic rings. The molecule has 0 unspecified atom stereocenters. The zero-order valence-electron chi connectivity index (χ0n) is 12.7. The summed E-state index contributed by atoms with van der Waals surface area (Å²) in [5.74, 6) is 1.40. The maximum absolute atomic E-state index is 10.9. The summed E-state index contributed by atoms with van der Waals surface area (Å²) in [4.78, 5) is 15.1. The summed E-state index contributed by atoms with van der Waals surface area (Å²) >= 11 is 3.54. The van der Waals surface area contributed by atoms with Crippen molar-refractivity contribution >= 4 is 22.0 Å². The van der Waals surface area contributed by atoms with Gasteiger partial charge in [-0.25, -0.2) is 4.79 Å². The van der Waals surface area contributed by atoms with E-state index in [0.717, 1.165) is 53.5 Å². The summed E-state index contributed by atoms with van der Waals surface area (Å²) in [5.41, 5.74) is 1.64. The van der Waals surface area contributed by atoms with Gasteiger partial charge in [0.05, 0.1) is 24.2 Å². The molecule has 0 N–H and O–H groups in total. The van der Waals surface area contributed by atoms with Gasteiger partial charge in [0.1, 0.15) is 0 Å². The van der Waals surface area contributed by atoms with Crippen molar-refractivity contribution in [3.05, 3.63) is 21.7 Å². The zero-order valence-corrected chi connectivity index (χ0v) is 14.2. The molecule has 0 spiro atoms. The first-order valence-electron chi connectivity index (χ1n) is 7.16. The molecule has 0 atom stereocenters. The van der Waals surface area contributed by atoms with Crippen LogP contribution < -0.4 is 9.47 Å². The minimum Gasteiger partial charge on any atom is -0.493 e. The fourth-order valence-corrected chi connectivity index (χ4v) is 3.88. The lowest BCUT2D eigenvalue weighted by Crippen LogP contribution is -2.21. The third-order valence-electron chi connectivity index (χ3n) is 4.25. The molecule has 2 rings (SSSR count). The molecule has 1 fully saturated rings. The molecule has 0 saturated heterocycles. The minimum atomic E-state index is -0.463. The Labute approximate surface area is 133 Å². The highest BCUT2D eigenvalue weighted by atomic mass is 79.9. The number of hydrogen-bond acceptors (Lipinski definition) is 4. The Bertz CT molecular complexity index is 573. The van der Waals surface area contributed by atoms with Crippen LogP contribution in [0, 0.1) is 0 Å². The monoisotopic (exact) mass is 353 g/mol. The van der Waals surface area contributed by atoms with E-state index in [0.29, 0.717) is 5.75 Å². The molecule has 1 aliphatic carbocycles. The van der Waals surface area contributed by atoms with Gasteiger partial charge in [-0.1, -0.05) is 19.8 Å². The highest BCUT2D eigenvalue weighted by molar-refractivity contribution is 9.10. The number of nitrogens with zero attached hydrogens (tertiary/aromatic N) is 1. The molecular formula is C16H20BrNO3. The van der Waals surface area contributed by atoms with Crippen molar-refractivity contribution in [2.24, 2.45) is 4.99 Å². The number of ether oxygens (including phenoxy) is 2. The number of benzene rings is 1. The summed E-state index contributed by atoms with van der Waals surface area (Å²) in [5, 5.41) is 0. The van der Waals surface area contributed by atoms with Crippen LogP contribution in [-0.2, 0) is 16.8 Å². The van der Waals surface area contributed by atoms with Gasteiger partial charge in [0.2, 0.25) is 6.08 Å². The van der Waals surface area contributed by atoms with Crippen molar-refractivity contribution in [1.29, 1.82) is 0 Å². The van der Waals surface area contributed by atoms with Gasteiger partial charge in [0.15, 0.2) is 11.5 Å². The smallest absolute Gasteiger partial charge is 0.235 e. The predicted molar refractivity (Wildman–Crippen MR) is 84.9 cm³/mol. The molecule has 0 radical (unpaired) electrons. The fourth-order valence-electron chi connectivity index (χ4n) is 3.31. The van der Waals surface area contributed by atoms with Gasteiger partial charge in [-0.2, -0.15) is 4.99 Å². The molecule has 1 saturated carbocycles. The largest absolute Gasteiger partial charge is 0.493 e. The number of isocyanates is 1. The molecule has 21 heavy (non-hydrogen) atoms. The molecule has 1 aromatic carbocycles. The van der Waals surface area contributed by atoms with E-state index < -0.39 is 5.54 Å². The number of aliphatic imine (C=N–C) groups is 1. The lowest BCUT2D eigenvalue weighted by molar-refractivity contribution is 0.346. The van der Waals surface area contributed by atoms with Crippen LogP contribution in [0.1, 0.15) is 43.7 Å². The number of rotatable bonds is 5. The third kappa shape index (κ3) is 2.72. The van der Waals surface area contributed by atoms with Crippen LogP contribution >= 0.6 is 15.9 Å². The van der Waals surface area contributed by atoms with E-state index >= 15 is 0 Å². The van der Waals surface area contributed by atoms with Crippen LogP contribution in [-0.4, -0.2) is 20.3 Å². The van der Waals surface area contributed by atoms with Gasteiger partial charge >= 0.3 is 0 Å². The maximum Gasteiger partial charge on any atom is 0.235 e. The standard InChI is InChI=1S/C16H20BrNO3/c1-4-11-12(16(18-10-19)7-5-6-8-16)9-13(17)15(21-3)14(11)20-2/h9H,4-8H2,1-3H3. The Morgan fingerprint density at radius 3 is 2.38 bits per heavy atom. The Morgan fingerprint density at radius 1 is 1.29 bits per heavy atom. The maximum atomic E-state index is 10.9. The van der Waals surface area contributed by atoms with Crippen molar-refractivity contribution in [2.75, 3.05) is 14.2 Å². The zero-order chi connectivity index (χ0) is 15.5. The average Bonchev–Trinajstić information content (AvgIpc) is 2.96. The summed E-state index contributed by atoms with van der Waals surface area (Å²) < 4.78 is 11.8. The first-order chi connectivity index (χ1) is 10.1. The van der Waals surface area contributed by atoms with Crippen molar-refractivity contribution < 1.29 is 14.3 Å². The lowest BCUT2D eigenvalue weighted by Gasteiger charge is -2.28. The summed E-state index contributed by atoms with van der Waals surface area (Å²) in [6, 6.07) is 2.02. The van der Waals surface area contributed by atoms with Gasteiger partial charge < -0.3 is 9.47 Å². The van der Waals surface area contributed by atoms with Crippen molar-refractivity contribution in [3.63, 3.8) is 0 Å². The molecule has 4 nitrogen and oxygen atoms in total. The SMILES string of the molecule is CCc1c(C2(N=C=O)CCCC2)cc(Br)c(OC)c1OC. The van der Waals surface area contributed by atoms with E-state index in [1.165, 1.54) is 0 Å². The molecule has 0 bridgehead atoms. The molecule has 1 aliphatic rings. The van der Waals surface area contributed by atoms with E-state index in [2.05, 4.69) is 27.8 Å². The highest BCUT2D eigenvalue weighted by Crippen LogP contribution is 2.49. The number of carbonyl (C=O) groups excluding carboxylic acids is 1. The molecule has 0 aromatic heterocycles. The fraction of sp³-hybridized carbons (Fsp3) is 0.562. The minimum absolute atomic E-state index is 0.463. The van der Waals surface area contributed by atoms with Gasteiger partial charge in [-0.3, -0.25) is 0 Å². The summed E-state index contributed by atoms with van der Waals surface area (Å²) in [7, 11) is 3.26. The van der Waals surface area contributed by atoms with Crippen molar-refractivity contribution in [2.45, 2.75) is 44.6 Å². The molecule has 0 aliphatic heterocycles. The lowest BCUT2D eigenvalue weighted by atomic mass is 9.84. The van der Waals surface area contributed by atoms with Gasteiger partial charge in [-0.15, -0.1) is 0 Å². The Kier molecular flexibility index (Phi) is 5.07. The van der Waals surface area contributed by atoms with Gasteiger partial charge in [0.25, 0.3) is 0 Å². The molecule has 0 amide bonds. The average molecular weight is 354 g/mol. The second-order valence-corrected chi connectivity index (χ2v) is 6.10. The summed E-state index contributed by atoms with van der Waals surface area (Å²) in [6.45, 7) is 2.07. The Balaban J connectivity index is 2.73. The molecule has 5 heteroatoms. The van der Waals surface area contributed by atoms with Crippen molar-refractivity contribution in [3.8, 4) is 11.5 Å². The third-order valence-corrected chi connectivity index (χ3v) is 4.84. The normalized spacial score (nSPS) is 16.4. The molecule has 114 valence electrons. The quantitative estimate of drug-likeness (QED) is 0.590. The predicted octanol–water partition coefficient (Wildman–Crippen LogP) is 4.13. The second kappa shape index (κ2) is 6.63. The number of hydrogen-bond donors (Lipinski definition) is 0. The first-order valence-corrected chi connectivity index (χ1v) is 7.95. The Hall–Kier alpha value is -1.32. The van der Waals surface area contributed by atoms with Gasteiger partial charge in [0, 0.05) is 5.56 Å². The van der Waals surface area contributed by atoms with Crippen LogP contribution in [0.5, 0.6) is 11.5 Å². The molecular weight excluding hydrogens is 334 g/mol. The Morgan fingerprint density at radius 2 is 1.90 bits per heavy atom. The van der Waals surface area contributed by atoms with Crippen LogP contribution in [0.3, 0.4) is 0 Å². The number of halogens is 1. The number of methoxy groups -OCH3 is 2. The van der Waals surface area contributed by atoms with E-state index in [4.69, 9.17) is 9.47 Å². The van der Waals surface area contributed by atoms with Crippen LogP contribution in [0.15, 0.2) is 15.5 Å². The van der Waals surface area contributed by atoms with E-state index in [-0.39, 0.29) is 0 Å². The first kappa shape index (κ1) is 16.1. The van der Waals surface area contributed by atoms with E-state index in [1.807, 2.05) is 6.07 Å². The second-order valence-electron chi connectivity index (χ2n) is 5.25. The topological polar surface area (TPSA) is 47.9 Å². The summed E-state index contributed by atoms with van der Waals surface area (Å²) in [6.07, 6.45) is 6.45. The van der Waals surface area contributed by atoms with E-state index in [9.17, 15) is 4.79 Å². The van der Waals surface area contributed by atoms with Crippen LogP contribution in [0.25, 0.3) is 0 Å². The van der Waals surface area contributed by atoms with Gasteiger partial charge in [-0.05, 0) is 46.8 Å². The van der Waals surface area contributed by atoms with Crippen LogP contribution in [0.2, 0.25) is 0 Å². The van der Waals surface area contributed by atoms with Crippen molar-refractivity contribution in [1.82, 2.24) is 0 Å². The molecule has 0 heterocycles. The highest BCUT2D eigenvalue weighted by Gasteiger charge is 2.39. The van der Waals surface area contributed by atoms with E-state index in [1.54, 1.807) is 20.3 Å².